The predicted octanol–water partition coefficient (Wildman–Crippen LogP) is 3.07. The smallest absolute Gasteiger partial charge is 0.339 e. The number of esters is 1. The van der Waals surface area contributed by atoms with Gasteiger partial charge in [0.05, 0.1) is 5.56 Å². The third-order valence-electron chi connectivity index (χ3n) is 2.50. The minimum Gasteiger partial charge on any atom is -0.449 e. The number of amides is 1. The Kier molecular flexibility index (Phi) is 4.47. The number of rotatable bonds is 4. The molecular formula is C14H12FNO3S. The number of halogens is 1. The molecule has 0 spiro atoms. The summed E-state index contributed by atoms with van der Waals surface area (Å²) in [5.74, 6) is -1.53. The second-order valence-electron chi connectivity index (χ2n) is 4.06. The first-order chi connectivity index (χ1) is 9.56. The Morgan fingerprint density at radius 3 is 2.80 bits per heavy atom. The molecule has 0 saturated heterocycles. The largest absolute Gasteiger partial charge is 0.449 e. The monoisotopic (exact) mass is 293 g/mol. The van der Waals surface area contributed by atoms with Gasteiger partial charge in [-0.2, -0.15) is 11.3 Å². The molecule has 0 saturated carbocycles. The van der Waals surface area contributed by atoms with Crippen molar-refractivity contribution < 1.29 is 18.7 Å². The summed E-state index contributed by atoms with van der Waals surface area (Å²) in [6.07, 6.45) is -0.967. The van der Waals surface area contributed by atoms with Crippen LogP contribution in [-0.4, -0.2) is 18.0 Å². The molecule has 0 aliphatic rings. The average molecular weight is 293 g/mol. The van der Waals surface area contributed by atoms with Gasteiger partial charge in [0.2, 0.25) is 0 Å². The number of carbonyl (C=O) groups excluding carboxylic acids is 2. The van der Waals surface area contributed by atoms with Crippen molar-refractivity contribution in [2.24, 2.45) is 0 Å². The summed E-state index contributed by atoms with van der Waals surface area (Å²) in [6, 6.07) is 7.10. The zero-order valence-electron chi connectivity index (χ0n) is 10.6. The minimum absolute atomic E-state index is 0.313. The Labute approximate surface area is 119 Å². The lowest BCUT2D eigenvalue weighted by Crippen LogP contribution is -2.29. The van der Waals surface area contributed by atoms with E-state index in [4.69, 9.17) is 4.74 Å². The van der Waals surface area contributed by atoms with Gasteiger partial charge in [-0.25, -0.2) is 9.18 Å². The van der Waals surface area contributed by atoms with E-state index in [2.05, 4.69) is 5.32 Å². The summed E-state index contributed by atoms with van der Waals surface area (Å²) in [4.78, 5) is 23.5. The summed E-state index contributed by atoms with van der Waals surface area (Å²) in [5, 5.41) is 5.86. The van der Waals surface area contributed by atoms with Crippen molar-refractivity contribution in [2.75, 3.05) is 5.32 Å². The van der Waals surface area contributed by atoms with Crippen LogP contribution in [0, 0.1) is 5.82 Å². The van der Waals surface area contributed by atoms with Crippen LogP contribution in [0.5, 0.6) is 0 Å². The van der Waals surface area contributed by atoms with Gasteiger partial charge in [-0.3, -0.25) is 4.79 Å². The van der Waals surface area contributed by atoms with Crippen molar-refractivity contribution in [1.29, 1.82) is 0 Å². The van der Waals surface area contributed by atoms with Gasteiger partial charge < -0.3 is 10.1 Å². The molecule has 6 heteroatoms. The highest BCUT2D eigenvalue weighted by molar-refractivity contribution is 7.08. The van der Waals surface area contributed by atoms with Crippen LogP contribution in [0.25, 0.3) is 0 Å². The molecule has 1 atom stereocenters. The zero-order chi connectivity index (χ0) is 14.5. The summed E-state index contributed by atoms with van der Waals surface area (Å²) in [6.45, 7) is 1.46. The maximum atomic E-state index is 13.0. The quantitative estimate of drug-likeness (QED) is 0.881. The van der Waals surface area contributed by atoms with E-state index in [9.17, 15) is 14.0 Å². The fourth-order valence-corrected chi connectivity index (χ4v) is 2.10. The number of hydrogen-bond acceptors (Lipinski definition) is 4. The van der Waals surface area contributed by atoms with E-state index < -0.39 is 23.8 Å². The summed E-state index contributed by atoms with van der Waals surface area (Å²) >= 11 is 1.36. The number of nitrogens with one attached hydrogen (secondary N) is 1. The number of ether oxygens (including phenoxy) is 1. The molecule has 1 aromatic carbocycles. The van der Waals surface area contributed by atoms with E-state index in [1.165, 1.54) is 36.5 Å². The van der Waals surface area contributed by atoms with Gasteiger partial charge in [0.25, 0.3) is 5.91 Å². The molecule has 4 nitrogen and oxygen atoms in total. The third kappa shape index (κ3) is 3.64. The van der Waals surface area contributed by atoms with Crippen molar-refractivity contribution in [3.8, 4) is 0 Å². The van der Waals surface area contributed by atoms with Gasteiger partial charge >= 0.3 is 5.97 Å². The Morgan fingerprint density at radius 1 is 1.35 bits per heavy atom. The van der Waals surface area contributed by atoms with E-state index in [1.807, 2.05) is 0 Å². The van der Waals surface area contributed by atoms with Crippen molar-refractivity contribution >= 4 is 28.9 Å². The topological polar surface area (TPSA) is 55.4 Å². The fourth-order valence-electron chi connectivity index (χ4n) is 1.47. The van der Waals surface area contributed by atoms with Gasteiger partial charge in [0, 0.05) is 11.1 Å². The second kappa shape index (κ2) is 6.29. The Morgan fingerprint density at radius 2 is 2.15 bits per heavy atom. The van der Waals surface area contributed by atoms with Crippen molar-refractivity contribution in [3.05, 3.63) is 52.5 Å². The number of thiophene rings is 1. The van der Waals surface area contributed by atoms with Crippen LogP contribution in [0.2, 0.25) is 0 Å². The summed E-state index contributed by atoms with van der Waals surface area (Å²) < 4.78 is 18.0. The average Bonchev–Trinajstić information content (AvgIpc) is 2.92. The molecule has 0 aliphatic heterocycles. The maximum absolute atomic E-state index is 13.0. The molecule has 104 valence electrons. The lowest BCUT2D eigenvalue weighted by Gasteiger charge is -2.13. The van der Waals surface area contributed by atoms with E-state index in [-0.39, 0.29) is 0 Å². The van der Waals surface area contributed by atoms with Gasteiger partial charge in [0.15, 0.2) is 6.10 Å². The van der Waals surface area contributed by atoms with Crippen LogP contribution < -0.4 is 5.32 Å². The highest BCUT2D eigenvalue weighted by Crippen LogP contribution is 2.12. The normalized spacial score (nSPS) is 11.7. The Bertz CT molecular complexity index is 613. The highest BCUT2D eigenvalue weighted by Gasteiger charge is 2.19. The number of hydrogen-bond donors (Lipinski definition) is 1. The SMILES string of the molecule is C[C@H](OC(=O)c1ccsc1)C(=O)Nc1cccc(F)c1. The molecule has 2 rings (SSSR count). The molecule has 0 radical (unpaired) electrons. The second-order valence-corrected chi connectivity index (χ2v) is 4.84. The molecule has 20 heavy (non-hydrogen) atoms. The molecule has 0 aliphatic carbocycles. The molecule has 1 aromatic heterocycles. The first-order valence-electron chi connectivity index (χ1n) is 5.86. The molecule has 1 amide bonds. The molecule has 1 heterocycles. The third-order valence-corrected chi connectivity index (χ3v) is 3.19. The zero-order valence-corrected chi connectivity index (χ0v) is 11.4. The first kappa shape index (κ1) is 14.2. The highest BCUT2D eigenvalue weighted by atomic mass is 32.1. The van der Waals surface area contributed by atoms with E-state index in [1.54, 1.807) is 22.9 Å². The molecule has 0 unspecified atom stereocenters. The van der Waals surface area contributed by atoms with Crippen LogP contribution in [0.1, 0.15) is 17.3 Å². The van der Waals surface area contributed by atoms with E-state index in [0.717, 1.165) is 0 Å². The first-order valence-corrected chi connectivity index (χ1v) is 6.80. The van der Waals surface area contributed by atoms with Crippen molar-refractivity contribution in [3.63, 3.8) is 0 Å². The molecule has 2 aromatic rings. The van der Waals surface area contributed by atoms with Crippen LogP contribution in [-0.2, 0) is 9.53 Å². The number of anilines is 1. The van der Waals surface area contributed by atoms with E-state index in [0.29, 0.717) is 11.3 Å². The van der Waals surface area contributed by atoms with Crippen LogP contribution in [0.3, 0.4) is 0 Å². The summed E-state index contributed by atoms with van der Waals surface area (Å²) in [5.41, 5.74) is 0.717. The summed E-state index contributed by atoms with van der Waals surface area (Å²) in [7, 11) is 0. The van der Waals surface area contributed by atoms with Crippen molar-refractivity contribution in [2.45, 2.75) is 13.0 Å². The van der Waals surface area contributed by atoms with Crippen molar-refractivity contribution in [1.82, 2.24) is 0 Å². The fraction of sp³-hybridized carbons (Fsp3) is 0.143. The molecular weight excluding hydrogens is 281 g/mol. The number of benzene rings is 1. The van der Waals surface area contributed by atoms with Gasteiger partial charge in [-0.05, 0) is 36.6 Å². The number of carbonyl (C=O) groups is 2. The minimum atomic E-state index is -0.967. The Balaban J connectivity index is 1.94. The van der Waals surface area contributed by atoms with Gasteiger partial charge in [-0.15, -0.1) is 0 Å². The lowest BCUT2D eigenvalue weighted by molar-refractivity contribution is -0.123. The van der Waals surface area contributed by atoms with Gasteiger partial charge in [-0.1, -0.05) is 6.07 Å². The van der Waals surface area contributed by atoms with Crippen LogP contribution in [0.4, 0.5) is 10.1 Å². The lowest BCUT2D eigenvalue weighted by atomic mass is 10.3. The molecule has 1 N–H and O–H groups in total. The van der Waals surface area contributed by atoms with E-state index >= 15 is 0 Å². The maximum Gasteiger partial charge on any atom is 0.339 e. The molecule has 0 bridgehead atoms. The molecule has 0 fully saturated rings. The van der Waals surface area contributed by atoms with Crippen LogP contribution in [0.15, 0.2) is 41.1 Å². The van der Waals surface area contributed by atoms with Crippen LogP contribution >= 0.6 is 11.3 Å². The van der Waals surface area contributed by atoms with Gasteiger partial charge in [0.1, 0.15) is 5.82 Å². The Hall–Kier alpha value is -2.21. The standard InChI is InChI=1S/C14H12FNO3S/c1-9(19-14(18)10-5-6-20-8-10)13(17)16-12-4-2-3-11(15)7-12/h2-9H,1H3,(H,16,17)/t9-/m0/s1. The predicted molar refractivity (Wildman–Crippen MR) is 74.2 cm³/mol.